The Hall–Kier alpha value is -2.98. The van der Waals surface area contributed by atoms with Crippen LogP contribution in [0, 0.1) is 17.5 Å². The van der Waals surface area contributed by atoms with E-state index in [1.54, 1.807) is 13.0 Å². The van der Waals surface area contributed by atoms with Crippen molar-refractivity contribution in [2.45, 2.75) is 32.6 Å². The van der Waals surface area contributed by atoms with E-state index >= 15 is 4.39 Å². The summed E-state index contributed by atoms with van der Waals surface area (Å²) in [5.74, 6) is -1.27. The molecule has 0 bridgehead atoms. The van der Waals surface area contributed by atoms with E-state index in [2.05, 4.69) is 0 Å². The smallest absolute Gasteiger partial charge is 0.134 e. The number of ether oxygens (including phenoxy) is 1. The number of halogens is 4. The second kappa shape index (κ2) is 10.3. The summed E-state index contributed by atoms with van der Waals surface area (Å²) >= 11 is 5.92. The monoisotopic (exact) mass is 468 g/mol. The highest BCUT2D eigenvalue weighted by molar-refractivity contribution is 6.30. The maximum atomic E-state index is 15.1. The Morgan fingerprint density at radius 1 is 0.727 bits per heavy atom. The molecule has 0 radical (unpaired) electrons. The van der Waals surface area contributed by atoms with Gasteiger partial charge in [0, 0.05) is 28.1 Å². The van der Waals surface area contributed by atoms with Crippen LogP contribution in [0.5, 0.6) is 5.75 Å². The van der Waals surface area contributed by atoms with Gasteiger partial charge in [-0.15, -0.1) is 0 Å². The quantitative estimate of drug-likeness (QED) is 0.255. The second-order valence-corrected chi connectivity index (χ2v) is 8.46. The fourth-order valence-electron chi connectivity index (χ4n) is 4.00. The molecule has 0 N–H and O–H groups in total. The SMILES string of the molecule is CCOc1cc(F)c(CCc2ccc3c(F)c(CCc4ccc(Cl)cc4)ccc3c2)c(F)c1. The average Bonchev–Trinajstić information content (AvgIpc) is 2.79. The van der Waals surface area contributed by atoms with Crippen molar-refractivity contribution < 1.29 is 17.9 Å². The summed E-state index contributed by atoms with van der Waals surface area (Å²) in [4.78, 5) is 0. The van der Waals surface area contributed by atoms with Crippen LogP contribution in [0.3, 0.4) is 0 Å². The van der Waals surface area contributed by atoms with Crippen molar-refractivity contribution in [1.29, 1.82) is 0 Å². The van der Waals surface area contributed by atoms with Crippen LogP contribution in [-0.2, 0) is 25.7 Å². The van der Waals surface area contributed by atoms with Crippen LogP contribution in [0.4, 0.5) is 13.2 Å². The zero-order valence-corrected chi connectivity index (χ0v) is 19.1. The first-order valence-corrected chi connectivity index (χ1v) is 11.4. The Labute approximate surface area is 196 Å². The van der Waals surface area contributed by atoms with Crippen molar-refractivity contribution in [2.75, 3.05) is 6.61 Å². The lowest BCUT2D eigenvalue weighted by molar-refractivity contribution is 0.335. The van der Waals surface area contributed by atoms with E-state index in [1.807, 2.05) is 48.5 Å². The number of hydrogen-bond acceptors (Lipinski definition) is 1. The Kier molecular flexibility index (Phi) is 7.24. The molecule has 0 fully saturated rings. The molecule has 1 nitrogen and oxygen atoms in total. The third-order valence-corrected chi connectivity index (χ3v) is 6.04. The molecule has 170 valence electrons. The minimum Gasteiger partial charge on any atom is -0.494 e. The molecule has 0 aliphatic carbocycles. The molecular formula is C28H24ClF3O. The van der Waals surface area contributed by atoms with Gasteiger partial charge in [-0.1, -0.05) is 54.1 Å². The van der Waals surface area contributed by atoms with E-state index in [9.17, 15) is 8.78 Å². The van der Waals surface area contributed by atoms with Gasteiger partial charge in [0.2, 0.25) is 0 Å². The molecule has 0 heterocycles. The minimum atomic E-state index is -0.615. The fourth-order valence-corrected chi connectivity index (χ4v) is 4.13. The Balaban J connectivity index is 1.47. The average molecular weight is 469 g/mol. The maximum absolute atomic E-state index is 15.1. The summed E-state index contributed by atoms with van der Waals surface area (Å²) < 4.78 is 48.9. The summed E-state index contributed by atoms with van der Waals surface area (Å²) in [6.45, 7) is 2.10. The fraction of sp³-hybridized carbons (Fsp3) is 0.214. The molecule has 0 aliphatic rings. The van der Waals surface area contributed by atoms with Crippen LogP contribution in [-0.4, -0.2) is 6.61 Å². The molecule has 0 spiro atoms. The van der Waals surface area contributed by atoms with Crippen molar-refractivity contribution in [1.82, 2.24) is 0 Å². The van der Waals surface area contributed by atoms with Crippen molar-refractivity contribution in [3.8, 4) is 5.75 Å². The maximum Gasteiger partial charge on any atom is 0.134 e. The lowest BCUT2D eigenvalue weighted by Crippen LogP contribution is -2.01. The van der Waals surface area contributed by atoms with Gasteiger partial charge in [0.05, 0.1) is 6.61 Å². The Morgan fingerprint density at radius 3 is 2.09 bits per heavy atom. The predicted molar refractivity (Wildman–Crippen MR) is 128 cm³/mol. The molecule has 0 saturated heterocycles. The second-order valence-electron chi connectivity index (χ2n) is 8.02. The van der Waals surface area contributed by atoms with Gasteiger partial charge in [0.25, 0.3) is 0 Å². The zero-order valence-electron chi connectivity index (χ0n) is 18.3. The van der Waals surface area contributed by atoms with E-state index in [0.717, 1.165) is 22.9 Å². The zero-order chi connectivity index (χ0) is 23.4. The van der Waals surface area contributed by atoms with Crippen LogP contribution in [0.2, 0.25) is 5.02 Å². The van der Waals surface area contributed by atoms with Gasteiger partial charge in [-0.25, -0.2) is 13.2 Å². The summed E-state index contributed by atoms with van der Waals surface area (Å²) in [5.41, 5.74) is 2.68. The molecule has 0 saturated carbocycles. The summed E-state index contributed by atoms with van der Waals surface area (Å²) in [6.07, 6.45) is 1.95. The molecule has 0 aliphatic heterocycles. The van der Waals surface area contributed by atoms with E-state index in [4.69, 9.17) is 16.3 Å². The topological polar surface area (TPSA) is 9.23 Å². The first-order valence-electron chi connectivity index (χ1n) is 11.0. The molecule has 0 aromatic heterocycles. The lowest BCUT2D eigenvalue weighted by atomic mass is 9.97. The Bertz CT molecular complexity index is 1250. The number of aryl methyl sites for hydroxylation is 3. The number of benzene rings is 4. The highest BCUT2D eigenvalue weighted by Crippen LogP contribution is 2.26. The van der Waals surface area contributed by atoms with Gasteiger partial charge in [-0.2, -0.15) is 0 Å². The van der Waals surface area contributed by atoms with E-state index < -0.39 is 11.6 Å². The first kappa shape index (κ1) is 23.2. The molecular weight excluding hydrogens is 445 g/mol. The third-order valence-electron chi connectivity index (χ3n) is 5.78. The van der Waals surface area contributed by atoms with Crippen LogP contribution in [0.15, 0.2) is 66.7 Å². The van der Waals surface area contributed by atoms with Crippen molar-refractivity contribution in [3.63, 3.8) is 0 Å². The number of fused-ring (bicyclic) bond motifs is 1. The number of hydrogen-bond donors (Lipinski definition) is 0. The summed E-state index contributed by atoms with van der Waals surface area (Å²) in [6, 6.07) is 19.1. The minimum absolute atomic E-state index is 0.0299. The largest absolute Gasteiger partial charge is 0.494 e. The van der Waals surface area contributed by atoms with E-state index in [-0.39, 0.29) is 23.6 Å². The molecule has 0 unspecified atom stereocenters. The normalized spacial score (nSPS) is 11.2. The molecule has 4 rings (SSSR count). The van der Waals surface area contributed by atoms with Crippen LogP contribution in [0.1, 0.15) is 29.2 Å². The van der Waals surface area contributed by atoms with Crippen LogP contribution >= 0.6 is 11.6 Å². The predicted octanol–water partition coefficient (Wildman–Crippen LogP) is 7.88. The Morgan fingerprint density at radius 2 is 1.39 bits per heavy atom. The van der Waals surface area contributed by atoms with Crippen molar-refractivity contribution in [3.05, 3.63) is 111 Å². The molecule has 4 aromatic rings. The molecule has 4 aromatic carbocycles. The van der Waals surface area contributed by atoms with Gasteiger partial charge < -0.3 is 4.74 Å². The van der Waals surface area contributed by atoms with Gasteiger partial charge in [-0.05, 0) is 66.8 Å². The third kappa shape index (κ3) is 5.51. The highest BCUT2D eigenvalue weighted by Gasteiger charge is 2.13. The van der Waals surface area contributed by atoms with Gasteiger partial charge in [0.15, 0.2) is 0 Å². The highest BCUT2D eigenvalue weighted by atomic mass is 35.5. The summed E-state index contributed by atoms with van der Waals surface area (Å²) in [5, 5.41) is 2.00. The number of rotatable bonds is 8. The molecule has 5 heteroatoms. The van der Waals surface area contributed by atoms with Crippen LogP contribution < -0.4 is 4.74 Å². The standard InChI is InChI=1S/C28H24ClF3O/c1-2-33-23-16-26(30)25(27(31)17-23)14-7-19-6-13-24-21(15-19)10-9-20(28(24)32)8-3-18-4-11-22(29)12-5-18/h4-6,9-13,15-17H,2-3,7-8,14H2,1H3. The molecule has 0 atom stereocenters. The van der Waals surface area contributed by atoms with Crippen molar-refractivity contribution >= 4 is 22.4 Å². The first-order chi connectivity index (χ1) is 15.9. The van der Waals surface area contributed by atoms with E-state index in [0.29, 0.717) is 35.4 Å². The van der Waals surface area contributed by atoms with Crippen molar-refractivity contribution in [2.24, 2.45) is 0 Å². The van der Waals surface area contributed by atoms with Gasteiger partial charge >= 0.3 is 0 Å². The molecule has 0 amide bonds. The summed E-state index contributed by atoms with van der Waals surface area (Å²) in [7, 11) is 0. The van der Waals surface area contributed by atoms with Gasteiger partial charge in [0.1, 0.15) is 23.2 Å². The van der Waals surface area contributed by atoms with Crippen LogP contribution in [0.25, 0.3) is 10.8 Å². The van der Waals surface area contributed by atoms with E-state index in [1.165, 1.54) is 12.1 Å². The lowest BCUT2D eigenvalue weighted by Gasteiger charge is -2.11. The van der Waals surface area contributed by atoms with Gasteiger partial charge in [-0.3, -0.25) is 0 Å². The molecule has 33 heavy (non-hydrogen) atoms.